The summed E-state index contributed by atoms with van der Waals surface area (Å²) in [7, 11) is 0. The van der Waals surface area contributed by atoms with Gasteiger partial charge in [-0.15, -0.1) is 0 Å². The Labute approximate surface area is 72.5 Å². The van der Waals surface area contributed by atoms with Crippen LogP contribution >= 0.6 is 0 Å². The van der Waals surface area contributed by atoms with Crippen molar-refractivity contribution in [1.82, 2.24) is 0 Å². The van der Waals surface area contributed by atoms with Crippen molar-refractivity contribution in [2.75, 3.05) is 6.79 Å². The molecule has 72 valence electrons. The lowest BCUT2D eigenvalue weighted by molar-refractivity contribution is -0.0727. The van der Waals surface area contributed by atoms with E-state index in [-0.39, 0.29) is 12.9 Å². The number of carbonyl (C=O) groups is 1. The van der Waals surface area contributed by atoms with Gasteiger partial charge in [-0.2, -0.15) is 0 Å². The quantitative estimate of drug-likeness (QED) is 0.498. The van der Waals surface area contributed by atoms with Gasteiger partial charge in [-0.1, -0.05) is 20.3 Å². The normalized spacial score (nSPS) is 12.5. The molecule has 0 aliphatic heterocycles. The fourth-order valence-corrected chi connectivity index (χ4v) is 0.908. The summed E-state index contributed by atoms with van der Waals surface area (Å²) < 4.78 is 9.35. The number of hydrogen-bond donors (Lipinski definition) is 1. The Kier molecular flexibility index (Phi) is 6.47. The van der Waals surface area contributed by atoms with Crippen molar-refractivity contribution in [3.05, 3.63) is 0 Å². The highest BCUT2D eigenvalue weighted by atomic mass is 16.7. The predicted octanol–water partition coefficient (Wildman–Crippen LogP) is 2.23. The molecule has 0 aromatic carbocycles. The SMILES string of the molecule is CCCC(CC)OCOC(=O)O. The molecular weight excluding hydrogens is 160 g/mol. The molecule has 1 unspecified atom stereocenters. The Morgan fingerprint density at radius 2 is 2.17 bits per heavy atom. The predicted molar refractivity (Wildman–Crippen MR) is 44.0 cm³/mol. The molecule has 1 atom stereocenters. The first-order chi connectivity index (χ1) is 5.70. The standard InChI is InChI=1S/C8H16O4/c1-3-5-7(4-2)11-6-12-8(9)10/h7H,3-6H2,1-2H3,(H,9,10). The maximum Gasteiger partial charge on any atom is 0.507 e. The van der Waals surface area contributed by atoms with Crippen LogP contribution in [0, 0.1) is 0 Å². The number of rotatable bonds is 6. The molecule has 4 heteroatoms. The van der Waals surface area contributed by atoms with E-state index < -0.39 is 6.16 Å². The third kappa shape index (κ3) is 5.97. The molecule has 0 saturated carbocycles. The molecule has 0 aromatic rings. The van der Waals surface area contributed by atoms with Crippen molar-refractivity contribution in [2.45, 2.75) is 39.2 Å². The van der Waals surface area contributed by atoms with Gasteiger partial charge in [0.1, 0.15) is 0 Å². The van der Waals surface area contributed by atoms with Crippen LogP contribution in [0.4, 0.5) is 4.79 Å². The second-order valence-corrected chi connectivity index (χ2v) is 2.51. The second kappa shape index (κ2) is 6.91. The summed E-state index contributed by atoms with van der Waals surface area (Å²) >= 11 is 0. The molecule has 0 radical (unpaired) electrons. The molecule has 4 nitrogen and oxygen atoms in total. The number of ether oxygens (including phenoxy) is 2. The van der Waals surface area contributed by atoms with Crippen LogP contribution in [0.2, 0.25) is 0 Å². The van der Waals surface area contributed by atoms with E-state index in [4.69, 9.17) is 9.84 Å². The average Bonchev–Trinajstić information content (AvgIpc) is 2.02. The second-order valence-electron chi connectivity index (χ2n) is 2.51. The maximum atomic E-state index is 9.92. The lowest BCUT2D eigenvalue weighted by atomic mass is 10.2. The number of carboxylic acid groups (broad SMARTS) is 1. The third-order valence-electron chi connectivity index (χ3n) is 1.55. The Hall–Kier alpha value is -0.770. The monoisotopic (exact) mass is 176 g/mol. The molecule has 0 fully saturated rings. The van der Waals surface area contributed by atoms with Crippen LogP contribution in [0.1, 0.15) is 33.1 Å². The lowest BCUT2D eigenvalue weighted by Crippen LogP contribution is -2.15. The lowest BCUT2D eigenvalue weighted by Gasteiger charge is -2.13. The van der Waals surface area contributed by atoms with Gasteiger partial charge in [-0.25, -0.2) is 4.79 Å². The number of hydrogen-bond acceptors (Lipinski definition) is 3. The zero-order valence-corrected chi connectivity index (χ0v) is 7.58. The molecule has 1 N–H and O–H groups in total. The molecule has 0 heterocycles. The van der Waals surface area contributed by atoms with Gasteiger partial charge in [-0.05, 0) is 12.8 Å². The first-order valence-electron chi connectivity index (χ1n) is 4.18. The minimum absolute atomic E-state index is 0.120. The Morgan fingerprint density at radius 1 is 1.50 bits per heavy atom. The summed E-state index contributed by atoms with van der Waals surface area (Å²) in [5.41, 5.74) is 0. The van der Waals surface area contributed by atoms with Gasteiger partial charge in [0.15, 0.2) is 6.79 Å². The van der Waals surface area contributed by atoms with E-state index in [2.05, 4.69) is 11.7 Å². The smallest absolute Gasteiger partial charge is 0.450 e. The van der Waals surface area contributed by atoms with E-state index in [1.165, 1.54) is 0 Å². The van der Waals surface area contributed by atoms with E-state index in [0.717, 1.165) is 19.3 Å². The van der Waals surface area contributed by atoms with Crippen molar-refractivity contribution >= 4 is 6.16 Å². The van der Waals surface area contributed by atoms with Crippen LogP contribution in [0.5, 0.6) is 0 Å². The van der Waals surface area contributed by atoms with Gasteiger partial charge in [0.25, 0.3) is 0 Å². The van der Waals surface area contributed by atoms with Gasteiger partial charge < -0.3 is 14.6 Å². The van der Waals surface area contributed by atoms with Crippen LogP contribution in [0.15, 0.2) is 0 Å². The van der Waals surface area contributed by atoms with E-state index in [1.807, 2.05) is 6.92 Å². The summed E-state index contributed by atoms with van der Waals surface area (Å²) in [4.78, 5) is 9.92. The molecule has 0 rings (SSSR count). The highest BCUT2D eigenvalue weighted by molar-refractivity contribution is 5.56. The Morgan fingerprint density at radius 3 is 2.58 bits per heavy atom. The molecule has 0 bridgehead atoms. The third-order valence-corrected chi connectivity index (χ3v) is 1.55. The van der Waals surface area contributed by atoms with Crippen molar-refractivity contribution < 1.29 is 19.4 Å². The average molecular weight is 176 g/mol. The van der Waals surface area contributed by atoms with Crippen LogP contribution in [0.3, 0.4) is 0 Å². The van der Waals surface area contributed by atoms with Gasteiger partial charge in [0, 0.05) is 0 Å². The molecule has 12 heavy (non-hydrogen) atoms. The van der Waals surface area contributed by atoms with E-state index >= 15 is 0 Å². The molecule has 0 aromatic heterocycles. The molecule has 0 saturated heterocycles. The molecule has 0 aliphatic carbocycles. The van der Waals surface area contributed by atoms with Gasteiger partial charge in [-0.3, -0.25) is 0 Å². The molecular formula is C8H16O4. The summed E-state index contributed by atoms with van der Waals surface area (Å²) in [6, 6.07) is 0. The first-order valence-corrected chi connectivity index (χ1v) is 4.18. The minimum atomic E-state index is -1.29. The summed E-state index contributed by atoms with van der Waals surface area (Å²) in [6.07, 6.45) is 1.69. The Bertz CT molecular complexity index is 124. The topological polar surface area (TPSA) is 55.8 Å². The van der Waals surface area contributed by atoms with Gasteiger partial charge >= 0.3 is 6.16 Å². The van der Waals surface area contributed by atoms with Crippen molar-refractivity contribution in [1.29, 1.82) is 0 Å². The Balaban J connectivity index is 3.37. The van der Waals surface area contributed by atoms with E-state index in [1.54, 1.807) is 0 Å². The van der Waals surface area contributed by atoms with Crippen LogP contribution < -0.4 is 0 Å². The van der Waals surface area contributed by atoms with Crippen molar-refractivity contribution in [2.24, 2.45) is 0 Å². The van der Waals surface area contributed by atoms with E-state index in [9.17, 15) is 4.79 Å². The van der Waals surface area contributed by atoms with Crippen LogP contribution in [-0.4, -0.2) is 24.2 Å². The maximum absolute atomic E-state index is 9.92. The van der Waals surface area contributed by atoms with Gasteiger partial charge in [0.05, 0.1) is 6.10 Å². The van der Waals surface area contributed by atoms with E-state index in [0.29, 0.717) is 0 Å². The van der Waals surface area contributed by atoms with Gasteiger partial charge in [0.2, 0.25) is 0 Å². The first kappa shape index (κ1) is 11.2. The zero-order chi connectivity index (χ0) is 9.40. The highest BCUT2D eigenvalue weighted by Crippen LogP contribution is 2.05. The fourth-order valence-electron chi connectivity index (χ4n) is 0.908. The summed E-state index contributed by atoms with van der Waals surface area (Å²) in [5, 5.41) is 8.13. The van der Waals surface area contributed by atoms with Crippen molar-refractivity contribution in [3.63, 3.8) is 0 Å². The highest BCUT2D eigenvalue weighted by Gasteiger charge is 2.05. The minimum Gasteiger partial charge on any atom is -0.450 e. The van der Waals surface area contributed by atoms with Crippen molar-refractivity contribution in [3.8, 4) is 0 Å². The summed E-state index contributed by atoms with van der Waals surface area (Å²) in [5.74, 6) is 0. The van der Waals surface area contributed by atoms with Crippen LogP contribution in [-0.2, 0) is 9.47 Å². The zero-order valence-electron chi connectivity index (χ0n) is 7.58. The molecule has 0 amide bonds. The summed E-state index contributed by atoms with van der Waals surface area (Å²) in [6.45, 7) is 3.90. The largest absolute Gasteiger partial charge is 0.507 e. The fraction of sp³-hybridized carbons (Fsp3) is 0.875. The molecule has 0 spiro atoms. The van der Waals surface area contributed by atoms with Crippen LogP contribution in [0.25, 0.3) is 0 Å². The molecule has 0 aliphatic rings.